The Bertz CT molecular complexity index is 862. The van der Waals surface area contributed by atoms with E-state index in [-0.39, 0.29) is 23.7 Å². The standard InChI is InChI=1S/C25H33BO2/c1-7-15-25(16-8-2)21-12-10-9-11-19(21)20-14-13-18(17-22(20)25)26-27-23(3,4)24(5,6)28-26/h9-14,17H,7-8,15-16H2,1-6H3. The van der Waals surface area contributed by atoms with Gasteiger partial charge in [-0.1, -0.05) is 69.2 Å². The van der Waals surface area contributed by atoms with Crippen LogP contribution >= 0.6 is 0 Å². The fourth-order valence-corrected chi connectivity index (χ4v) is 5.12. The van der Waals surface area contributed by atoms with Crippen molar-refractivity contribution in [2.45, 2.75) is 83.8 Å². The van der Waals surface area contributed by atoms with E-state index in [1.54, 1.807) is 0 Å². The normalized spacial score (nSPS) is 20.9. The summed E-state index contributed by atoms with van der Waals surface area (Å²) in [6.45, 7) is 13.1. The first-order chi connectivity index (χ1) is 13.3. The van der Waals surface area contributed by atoms with Gasteiger partial charge in [0.1, 0.15) is 0 Å². The zero-order valence-electron chi connectivity index (χ0n) is 18.3. The van der Waals surface area contributed by atoms with Crippen LogP contribution in [-0.4, -0.2) is 18.3 Å². The summed E-state index contributed by atoms with van der Waals surface area (Å²) in [6.07, 6.45) is 4.71. The highest BCUT2D eigenvalue weighted by Gasteiger charge is 2.52. The minimum absolute atomic E-state index is 0.106. The second-order valence-corrected chi connectivity index (χ2v) is 9.52. The maximum Gasteiger partial charge on any atom is 0.494 e. The van der Waals surface area contributed by atoms with E-state index < -0.39 is 0 Å². The van der Waals surface area contributed by atoms with E-state index in [0.29, 0.717) is 0 Å². The third-order valence-corrected chi connectivity index (χ3v) is 7.17. The molecule has 28 heavy (non-hydrogen) atoms. The van der Waals surface area contributed by atoms with E-state index >= 15 is 0 Å². The third kappa shape index (κ3) is 2.78. The first-order valence-corrected chi connectivity index (χ1v) is 10.9. The van der Waals surface area contributed by atoms with E-state index in [0.717, 1.165) is 5.46 Å². The van der Waals surface area contributed by atoms with Crippen LogP contribution in [0.5, 0.6) is 0 Å². The van der Waals surface area contributed by atoms with Crippen LogP contribution in [0.15, 0.2) is 42.5 Å². The van der Waals surface area contributed by atoms with Crippen molar-refractivity contribution in [2.75, 3.05) is 0 Å². The zero-order chi connectivity index (χ0) is 20.2. The summed E-state index contributed by atoms with van der Waals surface area (Å²) in [7, 11) is -0.306. The number of fused-ring (bicyclic) bond motifs is 3. The molecule has 148 valence electrons. The molecule has 2 aliphatic rings. The molecule has 0 radical (unpaired) electrons. The van der Waals surface area contributed by atoms with Crippen LogP contribution in [0.4, 0.5) is 0 Å². The monoisotopic (exact) mass is 376 g/mol. The van der Waals surface area contributed by atoms with Gasteiger partial charge in [0.2, 0.25) is 0 Å². The summed E-state index contributed by atoms with van der Waals surface area (Å²) in [5.41, 5.74) is 6.37. The Morgan fingerprint density at radius 1 is 0.750 bits per heavy atom. The van der Waals surface area contributed by atoms with E-state index in [9.17, 15) is 0 Å². The minimum atomic E-state index is -0.316. The predicted octanol–water partition coefficient (Wildman–Crippen LogP) is 5.85. The Labute approximate surface area is 170 Å². The van der Waals surface area contributed by atoms with E-state index in [2.05, 4.69) is 84.0 Å². The van der Waals surface area contributed by atoms with Gasteiger partial charge in [0.15, 0.2) is 0 Å². The van der Waals surface area contributed by atoms with Gasteiger partial charge in [-0.05, 0) is 68.3 Å². The molecule has 2 aromatic rings. The van der Waals surface area contributed by atoms with Crippen molar-refractivity contribution in [2.24, 2.45) is 0 Å². The summed E-state index contributed by atoms with van der Waals surface area (Å²) in [5, 5.41) is 0. The van der Waals surface area contributed by atoms with E-state index in [1.165, 1.54) is 47.9 Å². The van der Waals surface area contributed by atoms with Gasteiger partial charge >= 0.3 is 7.12 Å². The second kappa shape index (κ2) is 6.74. The molecule has 3 heteroatoms. The van der Waals surface area contributed by atoms with Crippen molar-refractivity contribution in [1.29, 1.82) is 0 Å². The van der Waals surface area contributed by atoms with Gasteiger partial charge in [-0.25, -0.2) is 0 Å². The van der Waals surface area contributed by atoms with Gasteiger partial charge in [-0.3, -0.25) is 0 Å². The van der Waals surface area contributed by atoms with Crippen molar-refractivity contribution in [1.82, 2.24) is 0 Å². The van der Waals surface area contributed by atoms with Crippen LogP contribution < -0.4 is 5.46 Å². The van der Waals surface area contributed by atoms with Crippen molar-refractivity contribution in [3.8, 4) is 11.1 Å². The van der Waals surface area contributed by atoms with Crippen LogP contribution in [0.3, 0.4) is 0 Å². The number of rotatable bonds is 5. The molecule has 2 aromatic carbocycles. The molecule has 1 fully saturated rings. The summed E-state index contributed by atoms with van der Waals surface area (Å²) >= 11 is 0. The Morgan fingerprint density at radius 3 is 1.93 bits per heavy atom. The molecule has 2 nitrogen and oxygen atoms in total. The van der Waals surface area contributed by atoms with Gasteiger partial charge in [0.05, 0.1) is 11.2 Å². The third-order valence-electron chi connectivity index (χ3n) is 7.17. The van der Waals surface area contributed by atoms with Crippen molar-refractivity contribution in [3.05, 3.63) is 53.6 Å². The Hall–Kier alpha value is -1.58. The summed E-state index contributed by atoms with van der Waals surface area (Å²) in [5.74, 6) is 0. The highest BCUT2D eigenvalue weighted by Crippen LogP contribution is 2.53. The largest absolute Gasteiger partial charge is 0.494 e. The fraction of sp³-hybridized carbons (Fsp3) is 0.520. The molecule has 0 saturated carbocycles. The summed E-state index contributed by atoms with van der Waals surface area (Å²) in [6, 6.07) is 15.9. The predicted molar refractivity (Wildman–Crippen MR) is 118 cm³/mol. The summed E-state index contributed by atoms with van der Waals surface area (Å²) < 4.78 is 12.7. The Balaban J connectivity index is 1.83. The molecule has 0 bridgehead atoms. The van der Waals surface area contributed by atoms with E-state index in [4.69, 9.17) is 9.31 Å². The molecular formula is C25H33BO2. The zero-order valence-corrected chi connectivity index (χ0v) is 18.3. The molecule has 0 spiro atoms. The number of hydrogen-bond acceptors (Lipinski definition) is 2. The minimum Gasteiger partial charge on any atom is -0.399 e. The van der Waals surface area contributed by atoms with Crippen LogP contribution in [0.25, 0.3) is 11.1 Å². The van der Waals surface area contributed by atoms with Crippen LogP contribution in [0, 0.1) is 0 Å². The van der Waals surface area contributed by atoms with Gasteiger partial charge < -0.3 is 9.31 Å². The van der Waals surface area contributed by atoms with Gasteiger partial charge in [-0.2, -0.15) is 0 Å². The van der Waals surface area contributed by atoms with Crippen molar-refractivity contribution in [3.63, 3.8) is 0 Å². The van der Waals surface area contributed by atoms with Gasteiger partial charge in [0.25, 0.3) is 0 Å². The molecule has 0 N–H and O–H groups in total. The Kier molecular flexibility index (Phi) is 4.75. The molecule has 1 heterocycles. The average Bonchev–Trinajstić information content (AvgIpc) is 3.04. The Morgan fingerprint density at radius 2 is 1.32 bits per heavy atom. The van der Waals surface area contributed by atoms with Crippen LogP contribution in [0.1, 0.15) is 78.4 Å². The molecule has 0 amide bonds. The smallest absolute Gasteiger partial charge is 0.399 e. The first kappa shape index (κ1) is 19.7. The van der Waals surface area contributed by atoms with Crippen molar-refractivity contribution >= 4 is 12.6 Å². The van der Waals surface area contributed by atoms with Gasteiger partial charge in [0, 0.05) is 5.41 Å². The molecule has 0 atom stereocenters. The quantitative estimate of drug-likeness (QED) is 0.609. The lowest BCUT2D eigenvalue weighted by molar-refractivity contribution is 0.00578. The topological polar surface area (TPSA) is 18.5 Å². The van der Waals surface area contributed by atoms with Crippen LogP contribution in [0.2, 0.25) is 0 Å². The molecular weight excluding hydrogens is 343 g/mol. The van der Waals surface area contributed by atoms with Crippen LogP contribution in [-0.2, 0) is 14.7 Å². The molecule has 1 aliphatic carbocycles. The average molecular weight is 376 g/mol. The first-order valence-electron chi connectivity index (χ1n) is 10.9. The van der Waals surface area contributed by atoms with Crippen molar-refractivity contribution < 1.29 is 9.31 Å². The van der Waals surface area contributed by atoms with Gasteiger partial charge in [-0.15, -0.1) is 0 Å². The SMILES string of the molecule is CCCC1(CCC)c2ccccc2-c2ccc(B3OC(C)(C)C(C)(C)O3)cc21. The number of benzene rings is 2. The van der Waals surface area contributed by atoms with E-state index in [1.807, 2.05) is 0 Å². The highest BCUT2D eigenvalue weighted by atomic mass is 16.7. The lowest BCUT2D eigenvalue weighted by Gasteiger charge is -2.32. The highest BCUT2D eigenvalue weighted by molar-refractivity contribution is 6.62. The summed E-state index contributed by atoms with van der Waals surface area (Å²) in [4.78, 5) is 0. The molecule has 1 saturated heterocycles. The lowest BCUT2D eigenvalue weighted by atomic mass is 9.69. The molecule has 1 aliphatic heterocycles. The fourth-order valence-electron chi connectivity index (χ4n) is 5.12. The second-order valence-electron chi connectivity index (χ2n) is 9.52. The maximum atomic E-state index is 6.35. The molecule has 4 rings (SSSR count). The lowest BCUT2D eigenvalue weighted by Crippen LogP contribution is -2.41. The molecule has 0 aromatic heterocycles. The number of hydrogen-bond donors (Lipinski definition) is 0. The maximum absolute atomic E-state index is 6.35. The molecule has 0 unspecified atom stereocenters.